The van der Waals surface area contributed by atoms with Gasteiger partial charge in [-0.2, -0.15) is 0 Å². The van der Waals surface area contributed by atoms with E-state index in [9.17, 15) is 5.11 Å². The van der Waals surface area contributed by atoms with Gasteiger partial charge in [0.05, 0.1) is 19.3 Å². The highest BCUT2D eigenvalue weighted by atomic mass is 16.5. The predicted molar refractivity (Wildman–Crippen MR) is 96.6 cm³/mol. The van der Waals surface area contributed by atoms with Gasteiger partial charge in [-0.05, 0) is 44.5 Å². The molecule has 24 heavy (non-hydrogen) atoms. The number of ether oxygens (including phenoxy) is 2. The van der Waals surface area contributed by atoms with Crippen LogP contribution in [0.25, 0.3) is 0 Å². The van der Waals surface area contributed by atoms with Crippen molar-refractivity contribution in [1.29, 1.82) is 0 Å². The van der Waals surface area contributed by atoms with Crippen LogP contribution in [-0.4, -0.2) is 24.9 Å². The average molecular weight is 329 g/mol. The Balaban J connectivity index is 1.93. The summed E-state index contributed by atoms with van der Waals surface area (Å²) in [6, 6.07) is 15.6. The van der Waals surface area contributed by atoms with Crippen LogP contribution in [-0.2, 0) is 0 Å². The molecule has 0 aliphatic heterocycles. The smallest absolute Gasteiger partial charge is 0.123 e. The van der Waals surface area contributed by atoms with Crippen molar-refractivity contribution in [3.05, 3.63) is 59.7 Å². The molecule has 4 nitrogen and oxygen atoms in total. The third-order valence-corrected chi connectivity index (χ3v) is 3.86. The molecule has 0 saturated carbocycles. The molecule has 0 saturated heterocycles. The van der Waals surface area contributed by atoms with E-state index in [0.29, 0.717) is 6.54 Å². The lowest BCUT2D eigenvalue weighted by Crippen LogP contribution is -2.25. The monoisotopic (exact) mass is 329 g/mol. The number of nitrogens with one attached hydrogen (secondary N) is 1. The van der Waals surface area contributed by atoms with Crippen molar-refractivity contribution in [1.82, 2.24) is 5.32 Å². The zero-order valence-electron chi connectivity index (χ0n) is 14.8. The zero-order valence-corrected chi connectivity index (χ0v) is 14.8. The van der Waals surface area contributed by atoms with Gasteiger partial charge in [0.2, 0.25) is 0 Å². The van der Waals surface area contributed by atoms with E-state index in [1.807, 2.05) is 62.4 Å². The molecule has 0 heterocycles. The number of hydrogen-bond acceptors (Lipinski definition) is 4. The molecule has 0 radical (unpaired) electrons. The highest BCUT2D eigenvalue weighted by Crippen LogP contribution is 2.25. The summed E-state index contributed by atoms with van der Waals surface area (Å²) >= 11 is 0. The van der Waals surface area contributed by atoms with Crippen molar-refractivity contribution >= 4 is 0 Å². The van der Waals surface area contributed by atoms with E-state index in [0.717, 1.165) is 22.6 Å². The minimum atomic E-state index is -0.574. The molecule has 4 heteroatoms. The number of hydrogen-bond donors (Lipinski definition) is 2. The summed E-state index contributed by atoms with van der Waals surface area (Å²) in [5.41, 5.74) is 1.94. The van der Waals surface area contributed by atoms with E-state index in [2.05, 4.69) is 12.2 Å². The molecule has 2 rings (SSSR count). The van der Waals surface area contributed by atoms with Gasteiger partial charge in [0, 0.05) is 18.2 Å². The van der Waals surface area contributed by atoms with Gasteiger partial charge >= 0.3 is 0 Å². The SMILES string of the molecule is COc1ccccc1C(C)NCC(O)c1ccc(OC(C)C)cc1. The molecule has 0 amide bonds. The first-order valence-electron chi connectivity index (χ1n) is 8.32. The van der Waals surface area contributed by atoms with Gasteiger partial charge in [0.1, 0.15) is 11.5 Å². The van der Waals surface area contributed by atoms with E-state index in [1.54, 1.807) is 7.11 Å². The average Bonchev–Trinajstić information content (AvgIpc) is 2.59. The molecule has 0 aliphatic carbocycles. The molecule has 0 bridgehead atoms. The normalized spacial score (nSPS) is 13.6. The number of methoxy groups -OCH3 is 1. The second kappa shape index (κ2) is 8.71. The fourth-order valence-electron chi connectivity index (χ4n) is 2.58. The van der Waals surface area contributed by atoms with Crippen LogP contribution in [0.15, 0.2) is 48.5 Å². The van der Waals surface area contributed by atoms with E-state index in [4.69, 9.17) is 9.47 Å². The number of aliphatic hydroxyl groups is 1. The van der Waals surface area contributed by atoms with Gasteiger partial charge < -0.3 is 19.9 Å². The van der Waals surface area contributed by atoms with Crippen LogP contribution < -0.4 is 14.8 Å². The van der Waals surface area contributed by atoms with Crippen LogP contribution in [0.4, 0.5) is 0 Å². The topological polar surface area (TPSA) is 50.7 Å². The van der Waals surface area contributed by atoms with Crippen molar-refractivity contribution in [2.45, 2.75) is 39.0 Å². The lowest BCUT2D eigenvalue weighted by molar-refractivity contribution is 0.170. The largest absolute Gasteiger partial charge is 0.496 e. The Labute approximate surface area is 144 Å². The molecule has 0 aliphatic rings. The Kier molecular flexibility index (Phi) is 6.64. The summed E-state index contributed by atoms with van der Waals surface area (Å²) < 4.78 is 11.0. The van der Waals surface area contributed by atoms with E-state index in [1.165, 1.54) is 0 Å². The molecule has 0 spiro atoms. The first-order valence-corrected chi connectivity index (χ1v) is 8.32. The quantitative estimate of drug-likeness (QED) is 0.772. The van der Waals surface area contributed by atoms with Gasteiger partial charge in [-0.15, -0.1) is 0 Å². The maximum Gasteiger partial charge on any atom is 0.123 e. The molecular weight excluding hydrogens is 302 g/mol. The van der Waals surface area contributed by atoms with Gasteiger partial charge in [-0.3, -0.25) is 0 Å². The number of aliphatic hydroxyl groups excluding tert-OH is 1. The third kappa shape index (κ3) is 4.98. The highest BCUT2D eigenvalue weighted by molar-refractivity contribution is 5.35. The van der Waals surface area contributed by atoms with Crippen LogP contribution in [0, 0.1) is 0 Å². The van der Waals surface area contributed by atoms with Crippen LogP contribution in [0.2, 0.25) is 0 Å². The second-order valence-corrected chi connectivity index (χ2v) is 6.12. The molecule has 2 N–H and O–H groups in total. The van der Waals surface area contributed by atoms with Crippen molar-refractivity contribution in [2.75, 3.05) is 13.7 Å². The standard InChI is InChI=1S/C20H27NO3/c1-14(2)24-17-11-9-16(10-12-17)19(22)13-21-15(3)18-7-5-6-8-20(18)23-4/h5-12,14-15,19,21-22H,13H2,1-4H3. The molecule has 2 aromatic carbocycles. The number of rotatable bonds is 8. The Hall–Kier alpha value is -2.04. The third-order valence-electron chi connectivity index (χ3n) is 3.86. The summed E-state index contributed by atoms with van der Waals surface area (Å²) in [4.78, 5) is 0. The molecular formula is C20H27NO3. The zero-order chi connectivity index (χ0) is 17.5. The van der Waals surface area contributed by atoms with Crippen LogP contribution >= 0.6 is 0 Å². The lowest BCUT2D eigenvalue weighted by atomic mass is 10.1. The van der Waals surface area contributed by atoms with Crippen molar-refractivity contribution in [2.24, 2.45) is 0 Å². The summed E-state index contributed by atoms with van der Waals surface area (Å²) in [6.07, 6.45) is -0.431. The summed E-state index contributed by atoms with van der Waals surface area (Å²) in [6.45, 7) is 6.51. The fourth-order valence-corrected chi connectivity index (χ4v) is 2.58. The highest BCUT2D eigenvalue weighted by Gasteiger charge is 2.13. The van der Waals surface area contributed by atoms with Gasteiger partial charge in [-0.1, -0.05) is 30.3 Å². The maximum absolute atomic E-state index is 10.4. The van der Waals surface area contributed by atoms with E-state index >= 15 is 0 Å². The maximum atomic E-state index is 10.4. The fraction of sp³-hybridized carbons (Fsp3) is 0.400. The van der Waals surface area contributed by atoms with Gasteiger partial charge in [-0.25, -0.2) is 0 Å². The van der Waals surface area contributed by atoms with Crippen LogP contribution in [0.3, 0.4) is 0 Å². The Morgan fingerprint density at radius 1 is 1.00 bits per heavy atom. The molecule has 2 atom stereocenters. The van der Waals surface area contributed by atoms with Crippen molar-refractivity contribution < 1.29 is 14.6 Å². The number of para-hydroxylation sites is 1. The summed E-state index contributed by atoms with van der Waals surface area (Å²) in [5, 5.41) is 13.7. The number of benzene rings is 2. The van der Waals surface area contributed by atoms with E-state index < -0.39 is 6.10 Å². The molecule has 2 aromatic rings. The predicted octanol–water partition coefficient (Wildman–Crippen LogP) is 3.87. The molecule has 130 valence electrons. The Morgan fingerprint density at radius 3 is 2.29 bits per heavy atom. The summed E-state index contributed by atoms with van der Waals surface area (Å²) in [5.74, 6) is 1.67. The molecule has 0 aromatic heterocycles. The first kappa shape index (κ1) is 18.3. The second-order valence-electron chi connectivity index (χ2n) is 6.12. The van der Waals surface area contributed by atoms with Crippen LogP contribution in [0.5, 0.6) is 11.5 Å². The minimum Gasteiger partial charge on any atom is -0.496 e. The van der Waals surface area contributed by atoms with E-state index in [-0.39, 0.29) is 12.1 Å². The van der Waals surface area contributed by atoms with Crippen molar-refractivity contribution in [3.8, 4) is 11.5 Å². The van der Waals surface area contributed by atoms with Crippen LogP contribution in [0.1, 0.15) is 44.0 Å². The van der Waals surface area contributed by atoms with Gasteiger partial charge in [0.25, 0.3) is 0 Å². The first-order chi connectivity index (χ1) is 11.5. The van der Waals surface area contributed by atoms with Gasteiger partial charge in [0.15, 0.2) is 0 Å². The Bertz CT molecular complexity index is 625. The summed E-state index contributed by atoms with van der Waals surface area (Å²) in [7, 11) is 1.67. The van der Waals surface area contributed by atoms with Crippen molar-refractivity contribution in [3.63, 3.8) is 0 Å². The lowest BCUT2D eigenvalue weighted by Gasteiger charge is -2.20. The molecule has 0 fully saturated rings. The molecule has 2 unspecified atom stereocenters. The minimum absolute atomic E-state index is 0.0827. The Morgan fingerprint density at radius 2 is 1.67 bits per heavy atom.